The molecule has 1 heterocycles. The van der Waals surface area contributed by atoms with Gasteiger partial charge in [0, 0.05) is 7.11 Å². The molecule has 0 bridgehead atoms. The maximum Gasteiger partial charge on any atom is 0.225 e. The van der Waals surface area contributed by atoms with Gasteiger partial charge in [0.1, 0.15) is 6.10 Å². The lowest BCUT2D eigenvalue weighted by Crippen LogP contribution is -1.85. The van der Waals surface area contributed by atoms with Gasteiger partial charge in [0.15, 0.2) is 0 Å². The van der Waals surface area contributed by atoms with E-state index in [1.807, 2.05) is 12.2 Å². The van der Waals surface area contributed by atoms with Crippen LogP contribution in [0, 0.1) is 6.92 Å². The van der Waals surface area contributed by atoms with Gasteiger partial charge in [0.05, 0.1) is 13.5 Å². The Labute approximate surface area is 55.5 Å². The van der Waals surface area contributed by atoms with Gasteiger partial charge >= 0.3 is 0 Å². The summed E-state index contributed by atoms with van der Waals surface area (Å²) in [5.74, 6) is 0. The van der Waals surface area contributed by atoms with E-state index in [0.717, 1.165) is 0 Å². The second-order valence-electron chi connectivity index (χ2n) is 2.02. The quantitative estimate of drug-likeness (QED) is 0.317. The van der Waals surface area contributed by atoms with Gasteiger partial charge in [-0.1, -0.05) is 12.2 Å². The molecule has 2 heteroatoms. The van der Waals surface area contributed by atoms with Crippen LogP contribution >= 0.6 is 0 Å². The predicted octanol–water partition coefficient (Wildman–Crippen LogP) is 0.790. The molecule has 0 radical (unpaired) electrons. The molecule has 1 aliphatic rings. The van der Waals surface area contributed by atoms with Crippen LogP contribution < -0.4 is 0 Å². The normalized spacial score (nSPS) is 33.4. The van der Waals surface area contributed by atoms with Crippen molar-refractivity contribution < 1.29 is 9.47 Å². The fraction of sp³-hybridized carbons (Fsp3) is 0.571. The van der Waals surface area contributed by atoms with Gasteiger partial charge in [-0.25, -0.2) is 0 Å². The van der Waals surface area contributed by atoms with E-state index in [2.05, 4.69) is 6.92 Å². The molecule has 2 unspecified atom stereocenters. The Balaban J connectivity index is 2.03. The average Bonchev–Trinajstić information content (AvgIpc) is 2.48. The summed E-state index contributed by atoms with van der Waals surface area (Å²) in [6.45, 7) is 4.36. The minimum Gasteiger partial charge on any atom is -0.381 e. The largest absolute Gasteiger partial charge is 0.381 e. The fourth-order valence-corrected chi connectivity index (χ4v) is 0.612. The van der Waals surface area contributed by atoms with Crippen LogP contribution in [0.15, 0.2) is 12.2 Å². The molecule has 0 aromatic heterocycles. The second kappa shape index (κ2) is 2.90. The van der Waals surface area contributed by atoms with Crippen molar-refractivity contribution in [1.29, 1.82) is 0 Å². The molecule has 1 fully saturated rings. The highest BCUT2D eigenvalue weighted by atomic mass is 16.6. The van der Waals surface area contributed by atoms with E-state index in [0.29, 0.717) is 6.61 Å². The van der Waals surface area contributed by atoms with Gasteiger partial charge in [0.2, 0.25) is 6.10 Å². The highest BCUT2D eigenvalue weighted by Gasteiger charge is 2.38. The molecule has 0 aromatic rings. The lowest BCUT2D eigenvalue weighted by Gasteiger charge is -1.83. The van der Waals surface area contributed by atoms with E-state index >= 15 is 0 Å². The standard InChI is InChI=1S/C7H11O2/c1-6-7(9-6)4-3-5-8-2/h3-4,6-7H,1,5H2,2H3/q+1/b4-3+. The van der Waals surface area contributed by atoms with E-state index in [9.17, 15) is 0 Å². The van der Waals surface area contributed by atoms with Crippen LogP contribution in [0.5, 0.6) is 0 Å². The number of rotatable bonds is 3. The van der Waals surface area contributed by atoms with E-state index in [-0.39, 0.29) is 12.2 Å². The van der Waals surface area contributed by atoms with Crippen molar-refractivity contribution in [2.75, 3.05) is 13.7 Å². The summed E-state index contributed by atoms with van der Waals surface area (Å²) in [7, 11) is 1.67. The first kappa shape index (κ1) is 6.65. The molecule has 0 N–H and O–H groups in total. The SMILES string of the molecule is [CH2+]C1OC1/C=C/COC. The number of epoxide rings is 1. The van der Waals surface area contributed by atoms with Crippen LogP contribution in [0.4, 0.5) is 0 Å². The zero-order valence-corrected chi connectivity index (χ0v) is 5.54. The summed E-state index contributed by atoms with van der Waals surface area (Å²) in [6, 6.07) is 0. The van der Waals surface area contributed by atoms with E-state index in [4.69, 9.17) is 9.47 Å². The molecule has 1 saturated heterocycles. The zero-order valence-electron chi connectivity index (χ0n) is 5.54. The summed E-state index contributed by atoms with van der Waals surface area (Å²) in [6.07, 6.45) is 4.34. The number of methoxy groups -OCH3 is 1. The van der Waals surface area contributed by atoms with Gasteiger partial charge in [-0.3, -0.25) is 0 Å². The monoisotopic (exact) mass is 127 g/mol. The van der Waals surface area contributed by atoms with Crippen molar-refractivity contribution in [3.05, 3.63) is 19.1 Å². The minimum atomic E-state index is 0.179. The molecule has 2 atom stereocenters. The van der Waals surface area contributed by atoms with E-state index < -0.39 is 0 Å². The van der Waals surface area contributed by atoms with Gasteiger partial charge in [-0.05, 0) is 0 Å². The topological polar surface area (TPSA) is 21.8 Å². The predicted molar refractivity (Wildman–Crippen MR) is 35.0 cm³/mol. The Morgan fingerprint density at radius 2 is 2.44 bits per heavy atom. The number of hydrogen-bond acceptors (Lipinski definition) is 2. The van der Waals surface area contributed by atoms with Gasteiger partial charge in [0.25, 0.3) is 0 Å². The van der Waals surface area contributed by atoms with Crippen molar-refractivity contribution in [1.82, 2.24) is 0 Å². The molecular weight excluding hydrogens is 116 g/mol. The Morgan fingerprint density at radius 1 is 1.78 bits per heavy atom. The smallest absolute Gasteiger partial charge is 0.225 e. The molecule has 50 valence electrons. The van der Waals surface area contributed by atoms with Crippen LogP contribution in [0.3, 0.4) is 0 Å². The number of hydrogen-bond donors (Lipinski definition) is 0. The van der Waals surface area contributed by atoms with Crippen molar-refractivity contribution in [2.45, 2.75) is 12.2 Å². The maximum absolute atomic E-state index is 5.01. The Bertz CT molecular complexity index is 109. The van der Waals surface area contributed by atoms with Crippen molar-refractivity contribution in [3.63, 3.8) is 0 Å². The highest BCUT2D eigenvalue weighted by molar-refractivity contribution is 5.03. The third kappa shape index (κ3) is 2.08. The fourth-order valence-electron chi connectivity index (χ4n) is 0.612. The molecule has 0 saturated carbocycles. The molecule has 0 aliphatic carbocycles. The first-order valence-electron chi connectivity index (χ1n) is 2.98. The molecule has 0 spiro atoms. The van der Waals surface area contributed by atoms with Crippen LogP contribution in [-0.4, -0.2) is 25.9 Å². The highest BCUT2D eigenvalue weighted by Crippen LogP contribution is 2.21. The third-order valence-electron chi connectivity index (χ3n) is 1.21. The average molecular weight is 127 g/mol. The van der Waals surface area contributed by atoms with Crippen molar-refractivity contribution in [2.24, 2.45) is 0 Å². The Kier molecular flexibility index (Phi) is 2.14. The minimum absolute atomic E-state index is 0.179. The third-order valence-corrected chi connectivity index (χ3v) is 1.21. The molecule has 9 heavy (non-hydrogen) atoms. The summed E-state index contributed by atoms with van der Waals surface area (Å²) >= 11 is 0. The van der Waals surface area contributed by atoms with Crippen LogP contribution in [0.25, 0.3) is 0 Å². The lowest BCUT2D eigenvalue weighted by atomic mass is 10.3. The van der Waals surface area contributed by atoms with Crippen LogP contribution in [0.2, 0.25) is 0 Å². The van der Waals surface area contributed by atoms with Gasteiger partial charge in [-0.15, -0.1) is 0 Å². The van der Waals surface area contributed by atoms with Crippen LogP contribution in [-0.2, 0) is 9.47 Å². The molecule has 1 aliphatic heterocycles. The van der Waals surface area contributed by atoms with Gasteiger partial charge in [-0.2, -0.15) is 0 Å². The first-order valence-corrected chi connectivity index (χ1v) is 2.98. The summed E-state index contributed by atoms with van der Waals surface area (Å²) in [5, 5.41) is 0. The molecule has 0 amide bonds. The summed E-state index contributed by atoms with van der Waals surface area (Å²) < 4.78 is 9.80. The zero-order chi connectivity index (χ0) is 6.69. The maximum atomic E-state index is 5.01. The van der Waals surface area contributed by atoms with Crippen molar-refractivity contribution in [3.8, 4) is 0 Å². The van der Waals surface area contributed by atoms with Crippen LogP contribution in [0.1, 0.15) is 0 Å². The summed E-state index contributed by atoms with van der Waals surface area (Å²) in [5.41, 5.74) is 0. The Hall–Kier alpha value is -0.470. The van der Waals surface area contributed by atoms with E-state index in [1.54, 1.807) is 7.11 Å². The second-order valence-corrected chi connectivity index (χ2v) is 2.02. The van der Waals surface area contributed by atoms with E-state index in [1.165, 1.54) is 0 Å². The molecule has 2 nitrogen and oxygen atoms in total. The number of ether oxygens (including phenoxy) is 2. The summed E-state index contributed by atoms with van der Waals surface area (Å²) in [4.78, 5) is 0. The molecular formula is C7H11O2+. The first-order chi connectivity index (χ1) is 4.34. The van der Waals surface area contributed by atoms with Gasteiger partial charge < -0.3 is 9.47 Å². The lowest BCUT2D eigenvalue weighted by molar-refractivity contribution is 0.233. The molecule has 0 aromatic carbocycles. The Morgan fingerprint density at radius 3 is 2.89 bits per heavy atom. The van der Waals surface area contributed by atoms with Crippen molar-refractivity contribution >= 4 is 0 Å². The molecule has 1 rings (SSSR count).